The first kappa shape index (κ1) is 20.9. The van der Waals surface area contributed by atoms with Gasteiger partial charge in [-0.05, 0) is 5.53 Å². The van der Waals surface area contributed by atoms with Crippen molar-refractivity contribution >= 4 is 25.7 Å². The molecule has 0 fully saturated rings. The molecule has 0 aliphatic carbocycles. The Hall–Kier alpha value is -2.19. The fourth-order valence-electron chi connectivity index (χ4n) is 1.48. The second-order valence-corrected chi connectivity index (χ2v) is 7.54. The Balaban J connectivity index is 3.18. The van der Waals surface area contributed by atoms with Crippen LogP contribution in [-0.4, -0.2) is 29.9 Å². The van der Waals surface area contributed by atoms with E-state index >= 15 is 0 Å². The van der Waals surface area contributed by atoms with Crippen molar-refractivity contribution in [3.8, 4) is 0 Å². The molecule has 0 aliphatic heterocycles. The second kappa shape index (κ2) is 7.79. The summed E-state index contributed by atoms with van der Waals surface area (Å²) in [5.41, 5.74) is 6.42. The van der Waals surface area contributed by atoms with Crippen LogP contribution < -0.4 is 9.44 Å². The fraction of sp³-hybridized carbons (Fsp3) is 0.200. The van der Waals surface area contributed by atoms with Crippen molar-refractivity contribution in [2.45, 2.75) is 4.90 Å². The lowest BCUT2D eigenvalue weighted by Crippen LogP contribution is -2.34. The molecule has 0 saturated carbocycles. The molecule has 15 heteroatoms. The van der Waals surface area contributed by atoms with Gasteiger partial charge in [-0.1, -0.05) is 11.7 Å². The summed E-state index contributed by atoms with van der Waals surface area (Å²) in [6.45, 7) is 1.73. The van der Waals surface area contributed by atoms with Gasteiger partial charge >= 0.3 is 0 Å². The average Bonchev–Trinajstić information content (AvgIpc) is 2.54. The van der Waals surface area contributed by atoms with Crippen molar-refractivity contribution in [2.75, 3.05) is 13.1 Å². The maximum absolute atomic E-state index is 13.8. The lowest BCUT2D eigenvalue weighted by molar-refractivity contribution is 0.421. The number of hydrogen-bond acceptors (Lipinski definition) is 5. The molecule has 0 saturated heterocycles. The predicted octanol–water partition coefficient (Wildman–Crippen LogP) is 1.53. The highest BCUT2D eigenvalue weighted by Gasteiger charge is 2.32. The van der Waals surface area contributed by atoms with Crippen LogP contribution in [0.4, 0.5) is 23.2 Å². The molecule has 0 heterocycles. The van der Waals surface area contributed by atoms with Gasteiger partial charge in [-0.25, -0.2) is 43.8 Å². The summed E-state index contributed by atoms with van der Waals surface area (Å²) in [5, 5.41) is 2.94. The van der Waals surface area contributed by atoms with E-state index in [9.17, 15) is 34.4 Å². The van der Waals surface area contributed by atoms with E-state index in [1.807, 2.05) is 9.63 Å². The van der Waals surface area contributed by atoms with Crippen LogP contribution in [0.2, 0.25) is 0 Å². The molecule has 9 nitrogen and oxygen atoms in total. The van der Waals surface area contributed by atoms with Crippen molar-refractivity contribution in [1.29, 1.82) is 0 Å². The molecule has 1 aromatic rings. The fourth-order valence-corrected chi connectivity index (χ4v) is 3.15. The van der Waals surface area contributed by atoms with Gasteiger partial charge in [0.2, 0.25) is 20.0 Å². The third-order valence-corrected chi connectivity index (χ3v) is 5.08. The molecular formula is C10H9F4N5O4S2. The van der Waals surface area contributed by atoms with Crippen molar-refractivity contribution < 1.29 is 34.4 Å². The number of hydrogen-bond donors (Lipinski definition) is 2. The van der Waals surface area contributed by atoms with Crippen LogP contribution in [0.15, 0.2) is 22.0 Å². The molecule has 0 aliphatic rings. The van der Waals surface area contributed by atoms with Gasteiger partial charge in [-0.2, -0.15) is 0 Å². The Kier molecular flexibility index (Phi) is 6.50. The lowest BCUT2D eigenvalue weighted by Gasteiger charge is -2.11. The van der Waals surface area contributed by atoms with E-state index in [0.29, 0.717) is 5.41 Å². The number of nitrogens with one attached hydrogen (secondary N) is 2. The third-order valence-electron chi connectivity index (χ3n) is 2.55. The van der Waals surface area contributed by atoms with Gasteiger partial charge in [0.15, 0.2) is 28.2 Å². The number of sulfonamides is 2. The smallest absolute Gasteiger partial charge is 0.210 e. The van der Waals surface area contributed by atoms with Gasteiger partial charge in [0, 0.05) is 23.4 Å². The Morgan fingerprint density at radius 2 is 1.48 bits per heavy atom. The van der Waals surface area contributed by atoms with E-state index in [-0.39, 0.29) is 0 Å². The van der Waals surface area contributed by atoms with Gasteiger partial charge in [-0.15, -0.1) is 0 Å². The quantitative estimate of drug-likeness (QED) is 0.169. The van der Waals surface area contributed by atoms with Crippen molar-refractivity contribution in [3.05, 3.63) is 45.7 Å². The molecule has 2 N–H and O–H groups in total. The minimum absolute atomic E-state index is 0.528. The van der Waals surface area contributed by atoms with Crippen LogP contribution in [-0.2, 0) is 20.0 Å². The Bertz CT molecular complexity index is 929. The predicted molar refractivity (Wildman–Crippen MR) is 77.4 cm³/mol. The topological polar surface area (TPSA) is 141 Å². The molecule has 1 aromatic carbocycles. The monoisotopic (exact) mass is 403 g/mol. The molecule has 138 valence electrons. The van der Waals surface area contributed by atoms with Gasteiger partial charge in [-0.3, -0.25) is 0 Å². The number of benzene rings is 1. The molecule has 0 atom stereocenters. The highest BCUT2D eigenvalue weighted by Crippen LogP contribution is 2.32. The summed E-state index contributed by atoms with van der Waals surface area (Å²) in [4.78, 5) is -0.0138. The van der Waals surface area contributed by atoms with Gasteiger partial charge in [0.25, 0.3) is 0 Å². The largest absolute Gasteiger partial charge is 0.246 e. The van der Waals surface area contributed by atoms with Crippen LogP contribution in [0.3, 0.4) is 0 Å². The summed E-state index contributed by atoms with van der Waals surface area (Å²) < 4.78 is 104. The number of nitrogens with zero attached hydrogens (tertiary/aromatic N) is 3. The van der Waals surface area contributed by atoms with E-state index < -0.39 is 67.0 Å². The van der Waals surface area contributed by atoms with Gasteiger partial charge < -0.3 is 0 Å². The average molecular weight is 403 g/mol. The Morgan fingerprint density at radius 1 is 1.00 bits per heavy atom. The van der Waals surface area contributed by atoms with E-state index in [0.717, 1.165) is 0 Å². The molecule has 1 rings (SSSR count). The molecule has 0 unspecified atom stereocenters. The van der Waals surface area contributed by atoms with Crippen LogP contribution in [0.1, 0.15) is 0 Å². The van der Waals surface area contributed by atoms with E-state index in [2.05, 4.69) is 11.7 Å². The normalized spacial score (nSPS) is 11.8. The van der Waals surface area contributed by atoms with Crippen molar-refractivity contribution in [1.82, 2.24) is 9.44 Å². The molecule has 0 amide bonds. The zero-order valence-corrected chi connectivity index (χ0v) is 13.6. The SMILES string of the molecule is C=CS(=O)(=O)NCCNS(=O)(=O)c1c(F)c(F)c(N=[N+]=[N-])c(F)c1F. The first-order valence-electron chi connectivity index (χ1n) is 6.01. The minimum Gasteiger partial charge on any atom is -0.210 e. The maximum atomic E-state index is 13.8. The first-order chi connectivity index (χ1) is 11.5. The van der Waals surface area contributed by atoms with E-state index in [4.69, 9.17) is 5.53 Å². The second-order valence-electron chi connectivity index (χ2n) is 4.13. The number of halogens is 4. The highest BCUT2D eigenvalue weighted by atomic mass is 32.2. The van der Waals surface area contributed by atoms with Gasteiger partial charge in [0.05, 0.1) is 0 Å². The number of rotatable bonds is 8. The van der Waals surface area contributed by atoms with Crippen molar-refractivity contribution in [2.24, 2.45) is 5.11 Å². The molecule has 0 aromatic heterocycles. The van der Waals surface area contributed by atoms with Gasteiger partial charge in [0.1, 0.15) is 5.69 Å². The summed E-state index contributed by atoms with van der Waals surface area (Å²) >= 11 is 0. The van der Waals surface area contributed by atoms with Crippen LogP contribution >= 0.6 is 0 Å². The summed E-state index contributed by atoms with van der Waals surface area (Å²) in [6, 6.07) is 0. The van der Waals surface area contributed by atoms with Crippen LogP contribution in [0.25, 0.3) is 10.4 Å². The summed E-state index contributed by atoms with van der Waals surface area (Å²) in [7, 11) is -8.98. The van der Waals surface area contributed by atoms with Crippen LogP contribution in [0.5, 0.6) is 0 Å². The van der Waals surface area contributed by atoms with E-state index in [1.165, 1.54) is 0 Å². The Morgan fingerprint density at radius 3 is 1.92 bits per heavy atom. The zero-order chi connectivity index (χ0) is 19.4. The standard InChI is InChI=1S/C10H9F4N5O4S2/c1-2-24(20,21)16-3-4-17-25(22,23)10-7(13)5(11)9(18-19-15)6(12)8(10)14/h2,16-17H,1,3-4H2. The summed E-state index contributed by atoms with van der Waals surface area (Å²) in [6.07, 6.45) is 0. The van der Waals surface area contributed by atoms with Crippen LogP contribution in [0, 0.1) is 23.3 Å². The minimum atomic E-state index is -5.10. The van der Waals surface area contributed by atoms with E-state index in [1.54, 1.807) is 4.72 Å². The zero-order valence-electron chi connectivity index (χ0n) is 12.0. The molecule has 0 radical (unpaired) electrons. The lowest BCUT2D eigenvalue weighted by atomic mass is 10.2. The Labute approximate surface area is 139 Å². The molecule has 0 bridgehead atoms. The molecule has 0 spiro atoms. The maximum Gasteiger partial charge on any atom is 0.246 e. The summed E-state index contributed by atoms with van der Waals surface area (Å²) in [5.74, 6) is -9.02. The molecule has 25 heavy (non-hydrogen) atoms. The number of azide groups is 1. The first-order valence-corrected chi connectivity index (χ1v) is 9.04. The third kappa shape index (κ3) is 4.67. The molecular weight excluding hydrogens is 394 g/mol. The van der Waals surface area contributed by atoms with Crippen molar-refractivity contribution in [3.63, 3.8) is 0 Å². The highest BCUT2D eigenvalue weighted by molar-refractivity contribution is 7.92.